The number of nitrogens with zero attached hydrogens (tertiary/aromatic N) is 2. The Labute approximate surface area is 153 Å². The Bertz CT molecular complexity index is 918. The Balaban J connectivity index is 1.86. The maximum Gasteiger partial charge on any atom is 0.293 e. The topological polar surface area (TPSA) is 93.7 Å². The standard InChI is InChI=1S/C18H16N2O5S/c1-3-11(2)19-17(21)16(26-18(19)22)10-14-7-8-15(25-14)12-5-4-6-13(9-12)20(23)24/h4-11H,3H2,1-2H3/b16-10+/t11-/m0/s1. The lowest BCUT2D eigenvalue weighted by atomic mass is 10.1. The van der Waals surface area contributed by atoms with Crippen LogP contribution in [0, 0.1) is 10.1 Å². The molecule has 0 saturated carbocycles. The highest BCUT2D eigenvalue weighted by atomic mass is 32.2. The molecule has 134 valence electrons. The highest BCUT2D eigenvalue weighted by Gasteiger charge is 2.37. The zero-order valence-corrected chi connectivity index (χ0v) is 15.0. The molecular weight excluding hydrogens is 356 g/mol. The van der Waals surface area contributed by atoms with Gasteiger partial charge in [0.15, 0.2) is 0 Å². The third-order valence-electron chi connectivity index (χ3n) is 4.10. The number of nitro benzene ring substituents is 1. The molecule has 0 bridgehead atoms. The third kappa shape index (κ3) is 3.41. The Morgan fingerprint density at radius 1 is 1.31 bits per heavy atom. The lowest BCUT2D eigenvalue weighted by Crippen LogP contribution is -2.36. The third-order valence-corrected chi connectivity index (χ3v) is 4.98. The Kier molecular flexibility index (Phi) is 4.94. The summed E-state index contributed by atoms with van der Waals surface area (Å²) < 4.78 is 5.68. The van der Waals surface area contributed by atoms with Gasteiger partial charge in [0.25, 0.3) is 16.8 Å². The molecule has 0 N–H and O–H groups in total. The number of hydrogen-bond acceptors (Lipinski definition) is 6. The molecule has 26 heavy (non-hydrogen) atoms. The van der Waals surface area contributed by atoms with Crippen molar-refractivity contribution in [1.29, 1.82) is 0 Å². The minimum Gasteiger partial charge on any atom is -0.457 e. The summed E-state index contributed by atoms with van der Waals surface area (Å²) in [5, 5.41) is 10.6. The molecule has 8 heteroatoms. The molecule has 0 aliphatic carbocycles. The number of furan rings is 1. The van der Waals surface area contributed by atoms with Crippen molar-refractivity contribution in [2.24, 2.45) is 0 Å². The van der Waals surface area contributed by atoms with Crippen LogP contribution in [-0.2, 0) is 4.79 Å². The van der Waals surface area contributed by atoms with Crippen molar-refractivity contribution in [3.8, 4) is 11.3 Å². The van der Waals surface area contributed by atoms with E-state index in [4.69, 9.17) is 4.42 Å². The van der Waals surface area contributed by atoms with Crippen LogP contribution in [-0.4, -0.2) is 27.0 Å². The molecule has 0 radical (unpaired) electrons. The maximum absolute atomic E-state index is 12.4. The van der Waals surface area contributed by atoms with Crippen LogP contribution in [0.15, 0.2) is 45.7 Å². The minimum absolute atomic E-state index is 0.0323. The molecule has 2 aromatic rings. The molecule has 7 nitrogen and oxygen atoms in total. The van der Waals surface area contributed by atoms with E-state index >= 15 is 0 Å². The average molecular weight is 372 g/mol. The Morgan fingerprint density at radius 3 is 2.77 bits per heavy atom. The number of rotatable bonds is 5. The fourth-order valence-corrected chi connectivity index (χ4v) is 3.44. The van der Waals surface area contributed by atoms with E-state index in [1.54, 1.807) is 24.3 Å². The van der Waals surface area contributed by atoms with Crippen LogP contribution in [0.4, 0.5) is 10.5 Å². The van der Waals surface area contributed by atoms with E-state index in [1.807, 2.05) is 13.8 Å². The van der Waals surface area contributed by atoms with Crippen LogP contribution in [0.3, 0.4) is 0 Å². The molecule has 1 aromatic carbocycles. The summed E-state index contributed by atoms with van der Waals surface area (Å²) >= 11 is 0.881. The second-order valence-electron chi connectivity index (χ2n) is 5.82. The van der Waals surface area contributed by atoms with Gasteiger partial charge in [-0.2, -0.15) is 0 Å². The summed E-state index contributed by atoms with van der Waals surface area (Å²) in [6, 6.07) is 9.26. The number of thioether (sulfide) groups is 1. The van der Waals surface area contributed by atoms with E-state index < -0.39 is 4.92 Å². The molecule has 1 atom stereocenters. The van der Waals surface area contributed by atoms with E-state index in [0.29, 0.717) is 28.4 Å². The molecule has 1 aliphatic heterocycles. The molecule has 1 fully saturated rings. The predicted molar refractivity (Wildman–Crippen MR) is 98.4 cm³/mol. The predicted octanol–water partition coefficient (Wildman–Crippen LogP) is 4.69. The quantitative estimate of drug-likeness (QED) is 0.429. The van der Waals surface area contributed by atoms with E-state index in [-0.39, 0.29) is 22.9 Å². The Morgan fingerprint density at radius 2 is 2.08 bits per heavy atom. The van der Waals surface area contributed by atoms with Crippen LogP contribution in [0.2, 0.25) is 0 Å². The maximum atomic E-state index is 12.4. The first kappa shape index (κ1) is 17.9. The molecule has 1 aromatic heterocycles. The summed E-state index contributed by atoms with van der Waals surface area (Å²) in [6.45, 7) is 3.74. The van der Waals surface area contributed by atoms with Gasteiger partial charge in [-0.25, -0.2) is 0 Å². The average Bonchev–Trinajstić information content (AvgIpc) is 3.19. The molecule has 2 heterocycles. The number of amides is 2. The van der Waals surface area contributed by atoms with Gasteiger partial charge in [0.05, 0.1) is 9.83 Å². The number of non-ortho nitro benzene ring substituents is 1. The number of benzene rings is 1. The van der Waals surface area contributed by atoms with Gasteiger partial charge in [-0.1, -0.05) is 19.1 Å². The van der Waals surface area contributed by atoms with Crippen LogP contribution < -0.4 is 0 Å². The smallest absolute Gasteiger partial charge is 0.293 e. The first-order valence-corrected chi connectivity index (χ1v) is 8.84. The van der Waals surface area contributed by atoms with Gasteiger partial charge in [-0.3, -0.25) is 24.6 Å². The van der Waals surface area contributed by atoms with Gasteiger partial charge in [-0.15, -0.1) is 0 Å². The second-order valence-corrected chi connectivity index (χ2v) is 6.81. The fourth-order valence-electron chi connectivity index (χ4n) is 2.53. The summed E-state index contributed by atoms with van der Waals surface area (Å²) in [6.07, 6.45) is 2.21. The van der Waals surface area contributed by atoms with Crippen molar-refractivity contribution >= 4 is 34.7 Å². The first-order chi connectivity index (χ1) is 12.4. The highest BCUT2D eigenvalue weighted by Crippen LogP contribution is 2.35. The van der Waals surface area contributed by atoms with Gasteiger partial charge in [-0.05, 0) is 37.2 Å². The summed E-state index contributed by atoms with van der Waals surface area (Å²) in [5.74, 6) is 0.518. The summed E-state index contributed by atoms with van der Waals surface area (Å²) in [5.41, 5.74) is 0.529. The second kappa shape index (κ2) is 7.17. The van der Waals surface area contributed by atoms with Crippen LogP contribution >= 0.6 is 11.8 Å². The number of nitro groups is 1. The monoisotopic (exact) mass is 372 g/mol. The molecular formula is C18H16N2O5S. The zero-order valence-electron chi connectivity index (χ0n) is 14.2. The van der Waals surface area contributed by atoms with Crippen molar-refractivity contribution in [3.05, 3.63) is 57.2 Å². The summed E-state index contributed by atoms with van der Waals surface area (Å²) in [7, 11) is 0. The number of carbonyl (C=O) groups excluding carboxylic acids is 2. The van der Waals surface area contributed by atoms with E-state index in [0.717, 1.165) is 11.8 Å². The number of carbonyl (C=O) groups is 2. The van der Waals surface area contributed by atoms with Crippen molar-refractivity contribution in [3.63, 3.8) is 0 Å². The molecule has 1 saturated heterocycles. The largest absolute Gasteiger partial charge is 0.457 e. The molecule has 0 unspecified atom stereocenters. The molecule has 0 spiro atoms. The zero-order chi connectivity index (χ0) is 18.8. The number of imide groups is 1. The van der Waals surface area contributed by atoms with Gasteiger partial charge in [0.2, 0.25) is 0 Å². The van der Waals surface area contributed by atoms with Gasteiger partial charge < -0.3 is 4.42 Å². The fraction of sp³-hybridized carbons (Fsp3) is 0.222. The van der Waals surface area contributed by atoms with Crippen molar-refractivity contribution in [2.75, 3.05) is 0 Å². The number of hydrogen-bond donors (Lipinski definition) is 0. The first-order valence-electron chi connectivity index (χ1n) is 8.02. The highest BCUT2D eigenvalue weighted by molar-refractivity contribution is 8.18. The Hall–Kier alpha value is -2.87. The molecule has 3 rings (SSSR count). The van der Waals surface area contributed by atoms with E-state index in [9.17, 15) is 19.7 Å². The van der Waals surface area contributed by atoms with Crippen molar-refractivity contribution in [1.82, 2.24) is 4.90 Å². The summed E-state index contributed by atoms with van der Waals surface area (Å²) in [4.78, 5) is 36.4. The van der Waals surface area contributed by atoms with Crippen molar-refractivity contribution in [2.45, 2.75) is 26.3 Å². The van der Waals surface area contributed by atoms with Crippen LogP contribution in [0.1, 0.15) is 26.0 Å². The van der Waals surface area contributed by atoms with Gasteiger partial charge in [0.1, 0.15) is 11.5 Å². The van der Waals surface area contributed by atoms with Gasteiger partial charge in [0, 0.05) is 29.8 Å². The van der Waals surface area contributed by atoms with E-state index in [1.165, 1.54) is 23.1 Å². The van der Waals surface area contributed by atoms with E-state index in [2.05, 4.69) is 0 Å². The minimum atomic E-state index is -0.474. The SMILES string of the molecule is CC[C@H](C)N1C(=O)S/C(=C/c2ccc(-c3cccc([N+](=O)[O-])c3)o2)C1=O. The molecule has 1 aliphatic rings. The lowest BCUT2D eigenvalue weighted by molar-refractivity contribution is -0.384. The normalized spacial score (nSPS) is 17.2. The van der Waals surface area contributed by atoms with Crippen LogP contribution in [0.25, 0.3) is 17.4 Å². The lowest BCUT2D eigenvalue weighted by Gasteiger charge is -2.19. The molecule has 2 amide bonds. The van der Waals surface area contributed by atoms with Crippen molar-refractivity contribution < 1.29 is 18.9 Å². The van der Waals surface area contributed by atoms with Gasteiger partial charge >= 0.3 is 0 Å². The van der Waals surface area contributed by atoms with Crippen LogP contribution in [0.5, 0.6) is 0 Å².